The van der Waals surface area contributed by atoms with Crippen molar-refractivity contribution in [2.75, 3.05) is 51.0 Å². The van der Waals surface area contributed by atoms with E-state index in [1.807, 2.05) is 0 Å². The van der Waals surface area contributed by atoms with Crippen LogP contribution in [0.1, 0.15) is 12.8 Å². The Bertz CT molecular complexity index is 357. The second-order valence-electron chi connectivity index (χ2n) is 4.81. The van der Waals surface area contributed by atoms with Crippen LogP contribution in [-0.2, 0) is 14.8 Å². The van der Waals surface area contributed by atoms with Crippen LogP contribution >= 0.6 is 11.6 Å². The molecule has 2 heterocycles. The molecule has 2 aliphatic heterocycles. The molecule has 0 amide bonds. The van der Waals surface area contributed by atoms with E-state index in [4.69, 9.17) is 16.3 Å². The molecule has 0 aromatic rings. The summed E-state index contributed by atoms with van der Waals surface area (Å²) in [5, 5.41) is 0. The number of rotatable bonds is 5. The molecule has 0 N–H and O–H groups in total. The highest BCUT2D eigenvalue weighted by atomic mass is 35.5. The topological polar surface area (TPSA) is 49.9 Å². The summed E-state index contributed by atoms with van der Waals surface area (Å²) >= 11 is 5.56. The molecule has 2 fully saturated rings. The maximum Gasteiger partial charge on any atom is 0.214 e. The molecule has 2 aliphatic rings. The maximum atomic E-state index is 12.0. The van der Waals surface area contributed by atoms with E-state index in [2.05, 4.69) is 4.90 Å². The van der Waals surface area contributed by atoms with Crippen LogP contribution in [0.3, 0.4) is 0 Å². The second-order valence-corrected chi connectivity index (χ2v) is 7.27. The molecular weight excluding hydrogens is 276 g/mol. The van der Waals surface area contributed by atoms with Crippen LogP contribution in [0.15, 0.2) is 0 Å². The average molecular weight is 297 g/mol. The molecule has 0 saturated carbocycles. The second kappa shape index (κ2) is 6.52. The van der Waals surface area contributed by atoms with Crippen molar-refractivity contribution < 1.29 is 13.2 Å². The van der Waals surface area contributed by atoms with E-state index in [1.165, 1.54) is 0 Å². The minimum atomic E-state index is -3.10. The van der Waals surface area contributed by atoms with Gasteiger partial charge in [-0.25, -0.2) is 12.7 Å². The van der Waals surface area contributed by atoms with Gasteiger partial charge in [0.2, 0.25) is 10.0 Å². The third-order valence-electron chi connectivity index (χ3n) is 3.62. The largest absolute Gasteiger partial charge is 0.379 e. The van der Waals surface area contributed by atoms with E-state index in [0.29, 0.717) is 31.4 Å². The number of nitrogens with zero attached hydrogens (tertiary/aromatic N) is 2. The van der Waals surface area contributed by atoms with Crippen LogP contribution in [0.2, 0.25) is 0 Å². The monoisotopic (exact) mass is 296 g/mol. The highest BCUT2D eigenvalue weighted by molar-refractivity contribution is 7.89. The smallest absolute Gasteiger partial charge is 0.214 e. The summed E-state index contributed by atoms with van der Waals surface area (Å²) in [6.07, 6.45) is 1.46. The minimum Gasteiger partial charge on any atom is -0.379 e. The van der Waals surface area contributed by atoms with Crippen molar-refractivity contribution in [1.82, 2.24) is 9.21 Å². The lowest BCUT2D eigenvalue weighted by Gasteiger charge is -2.32. The molecule has 0 aromatic carbocycles. The molecule has 2 rings (SSSR count). The number of hydrogen-bond donors (Lipinski definition) is 0. The summed E-state index contributed by atoms with van der Waals surface area (Å²) in [5.74, 6) is 0.576. The van der Waals surface area contributed by atoms with E-state index >= 15 is 0 Å². The normalized spacial score (nSPS) is 27.7. The molecule has 0 aromatic heterocycles. The van der Waals surface area contributed by atoms with Crippen LogP contribution in [0.4, 0.5) is 0 Å². The summed E-state index contributed by atoms with van der Waals surface area (Å²) in [7, 11) is -3.10. The summed E-state index contributed by atoms with van der Waals surface area (Å²) in [4.78, 5) is 2.35. The predicted molar refractivity (Wildman–Crippen MR) is 71.5 cm³/mol. The Balaban J connectivity index is 1.87. The van der Waals surface area contributed by atoms with Gasteiger partial charge in [-0.05, 0) is 12.8 Å². The maximum absolute atomic E-state index is 12.0. The van der Waals surface area contributed by atoms with Gasteiger partial charge in [-0.3, -0.25) is 4.90 Å². The van der Waals surface area contributed by atoms with Crippen LogP contribution in [0, 0.1) is 0 Å². The fourth-order valence-electron chi connectivity index (χ4n) is 2.57. The van der Waals surface area contributed by atoms with Gasteiger partial charge in [-0.2, -0.15) is 0 Å². The molecule has 0 bridgehead atoms. The van der Waals surface area contributed by atoms with Crippen molar-refractivity contribution in [2.24, 2.45) is 0 Å². The molecule has 0 aliphatic carbocycles. The van der Waals surface area contributed by atoms with Crippen molar-refractivity contribution >= 4 is 21.6 Å². The minimum absolute atomic E-state index is 0.173. The number of halogens is 1. The zero-order valence-electron chi connectivity index (χ0n) is 10.6. The van der Waals surface area contributed by atoms with Gasteiger partial charge < -0.3 is 4.74 Å². The summed E-state index contributed by atoms with van der Waals surface area (Å²) in [5.41, 5.74) is 0. The van der Waals surface area contributed by atoms with Gasteiger partial charge in [0, 0.05) is 38.1 Å². The summed E-state index contributed by atoms with van der Waals surface area (Å²) in [6.45, 7) is 4.63. The number of ether oxygens (including phenoxy) is 1. The molecule has 2 saturated heterocycles. The lowest BCUT2D eigenvalue weighted by atomic mass is 10.2. The van der Waals surface area contributed by atoms with Gasteiger partial charge in [-0.15, -0.1) is 11.6 Å². The van der Waals surface area contributed by atoms with Crippen LogP contribution in [0.5, 0.6) is 0 Å². The first-order valence-electron chi connectivity index (χ1n) is 6.49. The lowest BCUT2D eigenvalue weighted by Crippen LogP contribution is -2.45. The Kier molecular flexibility index (Phi) is 5.26. The van der Waals surface area contributed by atoms with Gasteiger partial charge in [0.1, 0.15) is 0 Å². The Morgan fingerprint density at radius 3 is 2.61 bits per heavy atom. The first-order valence-corrected chi connectivity index (χ1v) is 8.63. The van der Waals surface area contributed by atoms with Crippen molar-refractivity contribution in [1.29, 1.82) is 0 Å². The molecular formula is C11H21ClN2O3S. The first-order chi connectivity index (χ1) is 8.63. The zero-order valence-corrected chi connectivity index (χ0v) is 12.1. The number of alkyl halides is 1. The van der Waals surface area contributed by atoms with Gasteiger partial charge in [0.05, 0.1) is 19.0 Å². The van der Waals surface area contributed by atoms with Crippen molar-refractivity contribution in [3.63, 3.8) is 0 Å². The number of sulfonamides is 1. The van der Waals surface area contributed by atoms with Crippen molar-refractivity contribution in [3.8, 4) is 0 Å². The van der Waals surface area contributed by atoms with E-state index in [9.17, 15) is 8.42 Å². The van der Waals surface area contributed by atoms with Crippen LogP contribution in [0.25, 0.3) is 0 Å². The van der Waals surface area contributed by atoms with E-state index in [0.717, 1.165) is 32.7 Å². The highest BCUT2D eigenvalue weighted by Crippen LogP contribution is 2.20. The molecule has 106 valence electrons. The Morgan fingerprint density at radius 1 is 1.22 bits per heavy atom. The SMILES string of the molecule is O=S(=O)(CCCCl)N1CCC(N2CCOCC2)C1. The van der Waals surface area contributed by atoms with Crippen LogP contribution in [-0.4, -0.2) is 74.7 Å². The van der Waals surface area contributed by atoms with Crippen molar-refractivity contribution in [2.45, 2.75) is 18.9 Å². The summed E-state index contributed by atoms with van der Waals surface area (Å²) < 4.78 is 31.0. The Morgan fingerprint density at radius 2 is 1.94 bits per heavy atom. The fraction of sp³-hybridized carbons (Fsp3) is 1.00. The summed E-state index contributed by atoms with van der Waals surface area (Å²) in [6, 6.07) is 0.361. The third-order valence-corrected chi connectivity index (χ3v) is 5.81. The molecule has 18 heavy (non-hydrogen) atoms. The molecule has 5 nitrogen and oxygen atoms in total. The molecule has 1 unspecified atom stereocenters. The van der Waals surface area contributed by atoms with Gasteiger partial charge in [0.15, 0.2) is 0 Å². The fourth-order valence-corrected chi connectivity index (χ4v) is 4.41. The van der Waals surface area contributed by atoms with E-state index in [-0.39, 0.29) is 5.75 Å². The Labute approximate surface area is 114 Å². The average Bonchev–Trinajstić information content (AvgIpc) is 2.88. The van der Waals surface area contributed by atoms with E-state index in [1.54, 1.807) is 4.31 Å². The number of hydrogen-bond acceptors (Lipinski definition) is 4. The highest BCUT2D eigenvalue weighted by Gasteiger charge is 2.34. The molecule has 0 spiro atoms. The van der Waals surface area contributed by atoms with Gasteiger partial charge in [-0.1, -0.05) is 0 Å². The van der Waals surface area contributed by atoms with Gasteiger partial charge in [0.25, 0.3) is 0 Å². The van der Waals surface area contributed by atoms with Crippen LogP contribution < -0.4 is 0 Å². The zero-order chi connectivity index (χ0) is 13.0. The van der Waals surface area contributed by atoms with E-state index < -0.39 is 10.0 Å². The quantitative estimate of drug-likeness (QED) is 0.687. The Hall–Kier alpha value is 0.120. The lowest BCUT2D eigenvalue weighted by molar-refractivity contribution is 0.0197. The van der Waals surface area contributed by atoms with Crippen molar-refractivity contribution in [3.05, 3.63) is 0 Å². The predicted octanol–water partition coefficient (Wildman–Crippen LogP) is 0.352. The molecule has 1 atom stereocenters. The number of morpholine rings is 1. The first kappa shape index (κ1) is 14.5. The molecule has 7 heteroatoms. The standard InChI is InChI=1S/C11H21ClN2O3S/c12-3-1-9-18(15,16)14-4-2-11(10-14)13-5-7-17-8-6-13/h11H,1-10H2. The molecule has 0 radical (unpaired) electrons. The van der Waals surface area contributed by atoms with Gasteiger partial charge >= 0.3 is 0 Å². The third kappa shape index (κ3) is 3.57.